The van der Waals surface area contributed by atoms with E-state index in [2.05, 4.69) is 14.7 Å². The van der Waals surface area contributed by atoms with Gasteiger partial charge in [0.2, 0.25) is 0 Å². The molecule has 0 spiro atoms. The van der Waals surface area contributed by atoms with Gasteiger partial charge in [-0.1, -0.05) is 23.7 Å². The number of nitrogens with two attached hydrogens (primary N) is 1. The number of rotatable bonds is 5. The Bertz CT molecular complexity index is 962. The second kappa shape index (κ2) is 7.13. The van der Waals surface area contributed by atoms with Crippen LogP contribution >= 0.6 is 23.5 Å². The summed E-state index contributed by atoms with van der Waals surface area (Å²) in [6.07, 6.45) is 2.23. The van der Waals surface area contributed by atoms with Crippen molar-refractivity contribution in [1.29, 1.82) is 0 Å². The van der Waals surface area contributed by atoms with Gasteiger partial charge in [-0.15, -0.1) is 0 Å². The SMILES string of the molecule is Nc1cccc(SNc2ccc(Cl)c(-c3cc(F)ccc3C3CC3)n2)n1. The van der Waals surface area contributed by atoms with E-state index in [0.29, 0.717) is 28.3 Å². The molecule has 26 heavy (non-hydrogen) atoms. The topological polar surface area (TPSA) is 63.8 Å². The summed E-state index contributed by atoms with van der Waals surface area (Å²) in [6, 6.07) is 13.8. The molecule has 0 unspecified atom stereocenters. The van der Waals surface area contributed by atoms with Gasteiger partial charge < -0.3 is 10.5 Å². The lowest BCUT2D eigenvalue weighted by atomic mass is 10.00. The lowest BCUT2D eigenvalue weighted by Crippen LogP contribution is -1.97. The second-order valence-electron chi connectivity index (χ2n) is 6.14. The van der Waals surface area contributed by atoms with Crippen LogP contribution in [0.15, 0.2) is 53.6 Å². The van der Waals surface area contributed by atoms with Crippen molar-refractivity contribution in [2.75, 3.05) is 10.5 Å². The summed E-state index contributed by atoms with van der Waals surface area (Å²) in [6.45, 7) is 0. The van der Waals surface area contributed by atoms with Gasteiger partial charge in [-0.25, -0.2) is 14.4 Å². The van der Waals surface area contributed by atoms with Gasteiger partial charge >= 0.3 is 0 Å². The van der Waals surface area contributed by atoms with Crippen molar-refractivity contribution < 1.29 is 4.39 Å². The lowest BCUT2D eigenvalue weighted by molar-refractivity contribution is 0.627. The average Bonchev–Trinajstić information content (AvgIpc) is 3.46. The van der Waals surface area contributed by atoms with E-state index in [1.807, 2.05) is 18.2 Å². The summed E-state index contributed by atoms with van der Waals surface area (Å²) in [7, 11) is 0. The highest BCUT2D eigenvalue weighted by Crippen LogP contribution is 2.45. The van der Waals surface area contributed by atoms with E-state index in [1.165, 1.54) is 24.1 Å². The molecule has 1 aliphatic rings. The van der Waals surface area contributed by atoms with Crippen LogP contribution in [0.5, 0.6) is 0 Å². The van der Waals surface area contributed by atoms with Crippen LogP contribution < -0.4 is 10.5 Å². The number of nitrogen functional groups attached to an aromatic ring is 1. The number of anilines is 2. The smallest absolute Gasteiger partial charge is 0.136 e. The molecule has 4 rings (SSSR count). The zero-order valence-corrected chi connectivity index (χ0v) is 15.3. The number of halogens is 2. The predicted octanol–water partition coefficient (Wildman–Crippen LogP) is 5.51. The summed E-state index contributed by atoms with van der Waals surface area (Å²) < 4.78 is 17.0. The summed E-state index contributed by atoms with van der Waals surface area (Å²) in [5.74, 6) is 1.24. The molecule has 4 nitrogen and oxygen atoms in total. The maximum absolute atomic E-state index is 13.8. The van der Waals surface area contributed by atoms with Crippen LogP contribution in [-0.2, 0) is 0 Å². The Morgan fingerprint density at radius 3 is 2.73 bits per heavy atom. The molecule has 2 heterocycles. The molecule has 1 fully saturated rings. The van der Waals surface area contributed by atoms with Gasteiger partial charge in [0.15, 0.2) is 0 Å². The monoisotopic (exact) mass is 386 g/mol. The van der Waals surface area contributed by atoms with Gasteiger partial charge in [-0.3, -0.25) is 0 Å². The van der Waals surface area contributed by atoms with Crippen LogP contribution in [0.3, 0.4) is 0 Å². The Kier molecular flexibility index (Phi) is 4.70. The van der Waals surface area contributed by atoms with Crippen LogP contribution in [0.2, 0.25) is 5.02 Å². The number of hydrogen-bond acceptors (Lipinski definition) is 5. The maximum Gasteiger partial charge on any atom is 0.136 e. The quantitative estimate of drug-likeness (QED) is 0.565. The first-order valence-electron chi connectivity index (χ1n) is 8.22. The number of pyridine rings is 2. The third-order valence-corrected chi connectivity index (χ3v) is 5.19. The fourth-order valence-electron chi connectivity index (χ4n) is 2.76. The van der Waals surface area contributed by atoms with Crippen molar-refractivity contribution in [3.8, 4) is 11.3 Å². The molecule has 1 aromatic carbocycles. The Morgan fingerprint density at radius 2 is 1.96 bits per heavy atom. The number of benzene rings is 1. The largest absolute Gasteiger partial charge is 0.384 e. The van der Waals surface area contributed by atoms with Gasteiger partial charge in [-0.05, 0) is 60.7 Å². The summed E-state index contributed by atoms with van der Waals surface area (Å²) >= 11 is 7.67. The first kappa shape index (κ1) is 17.1. The zero-order valence-electron chi connectivity index (χ0n) is 13.7. The summed E-state index contributed by atoms with van der Waals surface area (Å²) in [5, 5.41) is 1.22. The molecular formula is C19H16ClFN4S. The van der Waals surface area contributed by atoms with Crippen LogP contribution in [0.25, 0.3) is 11.3 Å². The molecule has 1 saturated carbocycles. The van der Waals surface area contributed by atoms with Crippen molar-refractivity contribution >= 4 is 35.2 Å². The number of nitrogens with one attached hydrogen (secondary N) is 1. The van der Waals surface area contributed by atoms with Crippen LogP contribution in [0, 0.1) is 5.82 Å². The molecule has 7 heteroatoms. The minimum absolute atomic E-state index is 0.293. The van der Waals surface area contributed by atoms with E-state index < -0.39 is 0 Å². The molecule has 3 aromatic rings. The molecule has 0 radical (unpaired) electrons. The van der Waals surface area contributed by atoms with E-state index in [1.54, 1.807) is 18.2 Å². The first-order valence-corrected chi connectivity index (χ1v) is 9.41. The van der Waals surface area contributed by atoms with E-state index >= 15 is 0 Å². The van der Waals surface area contributed by atoms with Crippen LogP contribution in [0.1, 0.15) is 24.3 Å². The molecule has 132 valence electrons. The highest BCUT2D eigenvalue weighted by atomic mass is 35.5. The predicted molar refractivity (Wildman–Crippen MR) is 105 cm³/mol. The summed E-state index contributed by atoms with van der Waals surface area (Å²) in [5.41, 5.74) is 8.13. The second-order valence-corrected chi connectivity index (χ2v) is 7.37. The van der Waals surface area contributed by atoms with Crippen molar-refractivity contribution in [2.45, 2.75) is 23.8 Å². The van der Waals surface area contributed by atoms with E-state index in [0.717, 1.165) is 29.0 Å². The highest BCUT2D eigenvalue weighted by Gasteiger charge is 2.27. The molecule has 0 bridgehead atoms. The fraction of sp³-hybridized carbons (Fsp3) is 0.158. The Morgan fingerprint density at radius 1 is 1.12 bits per heavy atom. The van der Waals surface area contributed by atoms with Crippen molar-refractivity contribution in [3.63, 3.8) is 0 Å². The Hall–Kier alpha value is -2.31. The van der Waals surface area contributed by atoms with Crippen LogP contribution in [-0.4, -0.2) is 9.97 Å². The minimum atomic E-state index is -0.293. The fourth-order valence-corrected chi connectivity index (χ4v) is 3.59. The Balaban J connectivity index is 1.64. The molecule has 2 aromatic heterocycles. The molecule has 0 saturated heterocycles. The van der Waals surface area contributed by atoms with Crippen molar-refractivity contribution in [2.24, 2.45) is 0 Å². The molecule has 0 amide bonds. The van der Waals surface area contributed by atoms with E-state index in [4.69, 9.17) is 17.3 Å². The van der Waals surface area contributed by atoms with Gasteiger partial charge in [-0.2, -0.15) is 0 Å². The molecule has 1 aliphatic carbocycles. The molecular weight excluding hydrogens is 371 g/mol. The molecule has 0 atom stereocenters. The highest BCUT2D eigenvalue weighted by molar-refractivity contribution is 8.00. The van der Waals surface area contributed by atoms with Crippen molar-refractivity contribution in [1.82, 2.24) is 9.97 Å². The number of nitrogens with zero attached hydrogens (tertiary/aromatic N) is 2. The number of aromatic nitrogens is 2. The first-order chi connectivity index (χ1) is 12.6. The van der Waals surface area contributed by atoms with Gasteiger partial charge in [0, 0.05) is 17.5 Å². The Labute approximate surface area is 160 Å². The van der Waals surface area contributed by atoms with E-state index in [9.17, 15) is 4.39 Å². The normalized spacial score (nSPS) is 13.6. The molecule has 3 N–H and O–H groups in total. The molecule has 0 aliphatic heterocycles. The third-order valence-electron chi connectivity index (χ3n) is 4.14. The minimum Gasteiger partial charge on any atom is -0.384 e. The average molecular weight is 387 g/mol. The van der Waals surface area contributed by atoms with Gasteiger partial charge in [0.05, 0.1) is 10.7 Å². The third kappa shape index (κ3) is 3.76. The zero-order chi connectivity index (χ0) is 18.1. The van der Waals surface area contributed by atoms with Crippen LogP contribution in [0.4, 0.5) is 16.0 Å². The van der Waals surface area contributed by atoms with Gasteiger partial charge in [0.1, 0.15) is 22.5 Å². The van der Waals surface area contributed by atoms with E-state index in [-0.39, 0.29) is 5.82 Å². The lowest BCUT2D eigenvalue weighted by Gasteiger charge is -2.12. The van der Waals surface area contributed by atoms with Gasteiger partial charge in [0.25, 0.3) is 0 Å². The maximum atomic E-state index is 13.8. The van der Waals surface area contributed by atoms with Crippen molar-refractivity contribution in [3.05, 3.63) is 64.9 Å². The standard InChI is InChI=1S/C19H16ClFN4S/c20-15-8-9-17(25-26-18-3-1-2-16(22)23-18)24-19(15)14-10-12(21)6-7-13(14)11-4-5-11/h1-3,6-11H,4-5H2,(H2,22,23)(H,24,25). The number of hydrogen-bond donors (Lipinski definition) is 2. The summed E-state index contributed by atoms with van der Waals surface area (Å²) in [4.78, 5) is 8.82.